The molecule has 0 aliphatic rings. The molecule has 2 rings (SSSR count). The van der Waals surface area contributed by atoms with Gasteiger partial charge in [0, 0.05) is 22.8 Å². The van der Waals surface area contributed by atoms with Crippen LogP contribution in [0.5, 0.6) is 0 Å². The molecule has 1 N–H and O–H groups in total. The van der Waals surface area contributed by atoms with Gasteiger partial charge in [0.2, 0.25) is 15.9 Å². The zero-order valence-electron chi connectivity index (χ0n) is 12.2. The maximum Gasteiger partial charge on any atom is 0.243 e. The Morgan fingerprint density at radius 3 is 2.22 bits per heavy atom. The second-order valence-corrected chi connectivity index (χ2v) is 7.70. The highest BCUT2D eigenvalue weighted by Gasteiger charge is 2.22. The second kappa shape index (κ2) is 7.31. The van der Waals surface area contributed by atoms with E-state index in [0.29, 0.717) is 15.7 Å². The van der Waals surface area contributed by atoms with Crippen LogP contribution in [0.2, 0.25) is 10.0 Å². The normalized spacial score (nSPS) is 11.5. The van der Waals surface area contributed by atoms with Gasteiger partial charge in [0.15, 0.2) is 0 Å². The van der Waals surface area contributed by atoms with Crippen LogP contribution < -0.4 is 5.32 Å². The van der Waals surface area contributed by atoms with Crippen molar-refractivity contribution in [3.63, 3.8) is 0 Å². The minimum Gasteiger partial charge on any atom is -0.325 e. The highest BCUT2D eigenvalue weighted by Crippen LogP contribution is 2.22. The fourth-order valence-electron chi connectivity index (χ4n) is 1.89. The molecule has 1 amide bonds. The lowest BCUT2D eigenvalue weighted by atomic mass is 10.3. The largest absolute Gasteiger partial charge is 0.325 e. The Labute approximate surface area is 144 Å². The number of nitrogens with one attached hydrogen (secondary N) is 1. The molecule has 0 saturated heterocycles. The number of amides is 1. The van der Waals surface area contributed by atoms with Crippen molar-refractivity contribution in [3.8, 4) is 0 Å². The van der Waals surface area contributed by atoms with Crippen molar-refractivity contribution in [2.24, 2.45) is 0 Å². The van der Waals surface area contributed by atoms with Crippen molar-refractivity contribution < 1.29 is 13.2 Å². The molecule has 0 unspecified atom stereocenters. The quantitative estimate of drug-likeness (QED) is 0.875. The first kappa shape index (κ1) is 17.7. The first-order valence-corrected chi connectivity index (χ1v) is 8.76. The summed E-state index contributed by atoms with van der Waals surface area (Å²) in [4.78, 5) is 12.1. The van der Waals surface area contributed by atoms with E-state index in [2.05, 4.69) is 5.32 Å². The molecule has 8 heteroatoms. The Bertz CT molecular complexity index is 790. The van der Waals surface area contributed by atoms with Gasteiger partial charge in [0.05, 0.1) is 11.4 Å². The summed E-state index contributed by atoms with van der Waals surface area (Å²) in [6.45, 7) is -0.332. The van der Waals surface area contributed by atoms with Crippen LogP contribution in [0, 0.1) is 0 Å². The summed E-state index contributed by atoms with van der Waals surface area (Å²) in [5.41, 5.74) is 0.401. The monoisotopic (exact) mass is 372 g/mol. The molecule has 0 aliphatic carbocycles. The van der Waals surface area contributed by atoms with Crippen LogP contribution in [0.25, 0.3) is 0 Å². The van der Waals surface area contributed by atoms with Crippen molar-refractivity contribution in [1.29, 1.82) is 0 Å². The molecule has 2 aromatic carbocycles. The van der Waals surface area contributed by atoms with E-state index in [4.69, 9.17) is 23.2 Å². The van der Waals surface area contributed by atoms with Crippen LogP contribution >= 0.6 is 23.2 Å². The Hall–Kier alpha value is -1.60. The molecule has 122 valence electrons. The smallest absolute Gasteiger partial charge is 0.243 e. The van der Waals surface area contributed by atoms with Crippen LogP contribution in [0.4, 0.5) is 5.69 Å². The van der Waals surface area contributed by atoms with E-state index >= 15 is 0 Å². The minimum atomic E-state index is -3.72. The van der Waals surface area contributed by atoms with Gasteiger partial charge in [-0.3, -0.25) is 4.79 Å². The standard InChI is InChI=1S/C15H14Cl2N2O3S/c1-19(23(21,22)14-5-3-2-4-6-14)10-15(20)18-13-8-11(16)7-12(17)9-13/h2-9H,10H2,1H3,(H,18,20). The fourth-order valence-corrected chi connectivity index (χ4v) is 3.56. The lowest BCUT2D eigenvalue weighted by Crippen LogP contribution is -2.34. The van der Waals surface area contributed by atoms with E-state index in [1.807, 2.05) is 0 Å². The summed E-state index contributed by atoms with van der Waals surface area (Å²) in [7, 11) is -2.38. The van der Waals surface area contributed by atoms with Gasteiger partial charge in [-0.25, -0.2) is 8.42 Å². The predicted octanol–water partition coefficient (Wildman–Crippen LogP) is 3.25. The van der Waals surface area contributed by atoms with E-state index in [-0.39, 0.29) is 11.4 Å². The molecule has 23 heavy (non-hydrogen) atoms. The molecular formula is C15H14Cl2N2O3S. The number of halogens is 2. The average molecular weight is 373 g/mol. The second-order valence-electron chi connectivity index (χ2n) is 4.78. The number of benzene rings is 2. The van der Waals surface area contributed by atoms with Gasteiger partial charge in [-0.1, -0.05) is 41.4 Å². The maximum absolute atomic E-state index is 12.3. The predicted molar refractivity (Wildman–Crippen MR) is 91.3 cm³/mol. The topological polar surface area (TPSA) is 66.5 Å². The van der Waals surface area contributed by atoms with E-state index < -0.39 is 15.9 Å². The van der Waals surface area contributed by atoms with Crippen LogP contribution in [-0.4, -0.2) is 32.2 Å². The van der Waals surface area contributed by atoms with Gasteiger partial charge in [-0.2, -0.15) is 4.31 Å². The highest BCUT2D eigenvalue weighted by atomic mass is 35.5. The summed E-state index contributed by atoms with van der Waals surface area (Å²) in [5.74, 6) is -0.495. The molecule has 5 nitrogen and oxygen atoms in total. The van der Waals surface area contributed by atoms with E-state index in [9.17, 15) is 13.2 Å². The van der Waals surface area contributed by atoms with Gasteiger partial charge in [0.25, 0.3) is 0 Å². The van der Waals surface area contributed by atoms with Gasteiger partial charge in [-0.05, 0) is 30.3 Å². The summed E-state index contributed by atoms with van der Waals surface area (Å²) in [5, 5.41) is 3.31. The summed E-state index contributed by atoms with van der Waals surface area (Å²) in [6, 6.07) is 12.5. The molecular weight excluding hydrogens is 359 g/mol. The number of carbonyl (C=O) groups excluding carboxylic acids is 1. The van der Waals surface area contributed by atoms with Crippen molar-refractivity contribution in [2.75, 3.05) is 18.9 Å². The molecule has 0 bridgehead atoms. The number of anilines is 1. The number of sulfonamides is 1. The number of hydrogen-bond acceptors (Lipinski definition) is 3. The average Bonchev–Trinajstić information content (AvgIpc) is 2.46. The number of nitrogens with zero attached hydrogens (tertiary/aromatic N) is 1. The molecule has 0 heterocycles. The van der Waals surface area contributed by atoms with Gasteiger partial charge in [-0.15, -0.1) is 0 Å². The summed E-state index contributed by atoms with van der Waals surface area (Å²) >= 11 is 11.7. The van der Waals surface area contributed by atoms with Crippen molar-refractivity contribution >= 4 is 44.8 Å². The first-order valence-electron chi connectivity index (χ1n) is 6.56. The summed E-state index contributed by atoms with van der Waals surface area (Å²) in [6.07, 6.45) is 0. The number of rotatable bonds is 5. The lowest BCUT2D eigenvalue weighted by Gasteiger charge is -2.17. The Morgan fingerprint density at radius 1 is 1.09 bits per heavy atom. The van der Waals surface area contributed by atoms with Crippen molar-refractivity contribution in [1.82, 2.24) is 4.31 Å². The maximum atomic E-state index is 12.3. The zero-order chi connectivity index (χ0) is 17.0. The highest BCUT2D eigenvalue weighted by molar-refractivity contribution is 7.89. The molecule has 0 atom stereocenters. The third-order valence-corrected chi connectivity index (χ3v) is 5.22. The zero-order valence-corrected chi connectivity index (χ0v) is 14.5. The number of carbonyl (C=O) groups is 1. The molecule has 0 saturated carbocycles. The first-order chi connectivity index (χ1) is 10.8. The van der Waals surface area contributed by atoms with Crippen LogP contribution in [-0.2, 0) is 14.8 Å². The van der Waals surface area contributed by atoms with E-state index in [1.54, 1.807) is 18.2 Å². The SMILES string of the molecule is CN(CC(=O)Nc1cc(Cl)cc(Cl)c1)S(=O)(=O)c1ccccc1. The molecule has 2 aromatic rings. The third kappa shape index (κ3) is 4.68. The fraction of sp³-hybridized carbons (Fsp3) is 0.133. The molecule has 0 spiro atoms. The van der Waals surface area contributed by atoms with E-state index in [1.165, 1.54) is 37.4 Å². The minimum absolute atomic E-state index is 0.126. The van der Waals surface area contributed by atoms with Crippen LogP contribution in [0.1, 0.15) is 0 Å². The molecule has 0 aliphatic heterocycles. The van der Waals surface area contributed by atoms with Crippen molar-refractivity contribution in [3.05, 3.63) is 58.6 Å². The van der Waals surface area contributed by atoms with Gasteiger partial charge in [0.1, 0.15) is 0 Å². The summed E-state index contributed by atoms with van der Waals surface area (Å²) < 4.78 is 25.6. The van der Waals surface area contributed by atoms with E-state index in [0.717, 1.165) is 4.31 Å². The van der Waals surface area contributed by atoms with Gasteiger partial charge < -0.3 is 5.32 Å². The van der Waals surface area contributed by atoms with Crippen molar-refractivity contribution in [2.45, 2.75) is 4.90 Å². The lowest BCUT2D eigenvalue weighted by molar-refractivity contribution is -0.116. The number of likely N-dealkylation sites (N-methyl/N-ethyl adjacent to an activating group) is 1. The Kier molecular flexibility index (Phi) is 5.64. The van der Waals surface area contributed by atoms with Crippen LogP contribution in [0.3, 0.4) is 0 Å². The molecule has 0 radical (unpaired) electrons. The molecule has 0 aromatic heterocycles. The number of hydrogen-bond donors (Lipinski definition) is 1. The Balaban J connectivity index is 2.08. The van der Waals surface area contributed by atoms with Crippen LogP contribution in [0.15, 0.2) is 53.4 Å². The third-order valence-electron chi connectivity index (χ3n) is 2.96. The molecule has 0 fully saturated rings. The van der Waals surface area contributed by atoms with Gasteiger partial charge >= 0.3 is 0 Å². The Morgan fingerprint density at radius 2 is 1.65 bits per heavy atom.